The zero-order valence-corrected chi connectivity index (χ0v) is 7.58. The van der Waals surface area contributed by atoms with E-state index in [2.05, 4.69) is 5.32 Å². The van der Waals surface area contributed by atoms with E-state index in [1.54, 1.807) is 0 Å². The lowest BCUT2D eigenvalue weighted by atomic mass is 9.96. The molecule has 0 spiro atoms. The first-order valence-corrected chi connectivity index (χ1v) is 4.86. The molecule has 2 rings (SSSR count). The van der Waals surface area contributed by atoms with Crippen LogP contribution in [0.3, 0.4) is 0 Å². The molecule has 0 unspecified atom stereocenters. The van der Waals surface area contributed by atoms with Crippen molar-refractivity contribution < 1.29 is 9.47 Å². The molecule has 1 N–H and O–H groups in total. The molecular weight excluding hydrogens is 154 g/mol. The number of rotatable bonds is 4. The molecular formula is C9H17NO2. The molecule has 1 heterocycles. The van der Waals surface area contributed by atoms with Gasteiger partial charge >= 0.3 is 0 Å². The van der Waals surface area contributed by atoms with Gasteiger partial charge in [-0.15, -0.1) is 0 Å². The number of nitrogens with one attached hydrogen (secondary N) is 1. The normalized spacial score (nSPS) is 39.2. The molecule has 2 aliphatic rings. The van der Waals surface area contributed by atoms with E-state index < -0.39 is 0 Å². The van der Waals surface area contributed by atoms with E-state index in [1.165, 1.54) is 19.3 Å². The third kappa shape index (κ3) is 1.97. The van der Waals surface area contributed by atoms with E-state index in [1.807, 2.05) is 6.92 Å². The molecule has 1 saturated carbocycles. The summed E-state index contributed by atoms with van der Waals surface area (Å²) in [5, 5.41) is 3.38. The summed E-state index contributed by atoms with van der Waals surface area (Å²) in [5.41, 5.74) is 0. The Morgan fingerprint density at radius 3 is 3.08 bits per heavy atom. The number of epoxide rings is 1. The summed E-state index contributed by atoms with van der Waals surface area (Å²) in [6.07, 6.45) is 4.83. The van der Waals surface area contributed by atoms with Crippen LogP contribution in [0.25, 0.3) is 0 Å². The van der Waals surface area contributed by atoms with Gasteiger partial charge in [0.1, 0.15) is 0 Å². The first-order chi connectivity index (χ1) is 5.90. The zero-order chi connectivity index (χ0) is 8.39. The van der Waals surface area contributed by atoms with E-state index in [0.29, 0.717) is 25.0 Å². The van der Waals surface area contributed by atoms with Gasteiger partial charge in [0, 0.05) is 12.6 Å². The quantitative estimate of drug-likeness (QED) is 0.387. The van der Waals surface area contributed by atoms with Gasteiger partial charge in [-0.2, -0.15) is 0 Å². The maximum absolute atomic E-state index is 5.43. The highest BCUT2D eigenvalue weighted by molar-refractivity contribution is 4.94. The molecule has 3 atom stereocenters. The lowest BCUT2D eigenvalue weighted by Crippen LogP contribution is -2.35. The van der Waals surface area contributed by atoms with Crippen LogP contribution in [0.15, 0.2) is 0 Å². The van der Waals surface area contributed by atoms with Gasteiger partial charge < -0.3 is 9.47 Å². The van der Waals surface area contributed by atoms with E-state index >= 15 is 0 Å². The van der Waals surface area contributed by atoms with Crippen LogP contribution in [-0.2, 0) is 9.47 Å². The summed E-state index contributed by atoms with van der Waals surface area (Å²) in [6, 6.07) is 0.625. The van der Waals surface area contributed by atoms with Gasteiger partial charge in [-0.05, 0) is 26.2 Å². The summed E-state index contributed by atoms with van der Waals surface area (Å²) in [5.74, 6) is 0. The van der Waals surface area contributed by atoms with Crippen LogP contribution in [0.4, 0.5) is 0 Å². The van der Waals surface area contributed by atoms with Crippen molar-refractivity contribution in [2.75, 3.05) is 13.3 Å². The minimum Gasteiger partial charge on any atom is -0.370 e. The predicted molar refractivity (Wildman–Crippen MR) is 45.9 cm³/mol. The Bertz CT molecular complexity index is 151. The average Bonchev–Trinajstić information content (AvgIpc) is 2.83. The predicted octanol–water partition coefficient (Wildman–Crippen LogP) is 0.890. The Morgan fingerprint density at radius 1 is 1.42 bits per heavy atom. The fourth-order valence-corrected chi connectivity index (χ4v) is 1.87. The highest BCUT2D eigenvalue weighted by Crippen LogP contribution is 2.36. The van der Waals surface area contributed by atoms with Crippen molar-refractivity contribution in [2.24, 2.45) is 0 Å². The van der Waals surface area contributed by atoms with Gasteiger partial charge in [-0.3, -0.25) is 5.32 Å². The molecule has 0 aromatic carbocycles. The maximum atomic E-state index is 5.43. The minimum absolute atomic E-state index is 0.567. The van der Waals surface area contributed by atoms with Crippen molar-refractivity contribution in [2.45, 2.75) is 44.4 Å². The van der Waals surface area contributed by atoms with Crippen LogP contribution >= 0.6 is 0 Å². The van der Waals surface area contributed by atoms with Gasteiger partial charge in [-0.1, -0.05) is 0 Å². The summed E-state index contributed by atoms with van der Waals surface area (Å²) >= 11 is 0. The number of hydrogen-bond acceptors (Lipinski definition) is 3. The Hall–Kier alpha value is -0.120. The average molecular weight is 171 g/mol. The Morgan fingerprint density at radius 2 is 2.33 bits per heavy atom. The van der Waals surface area contributed by atoms with Gasteiger partial charge in [0.05, 0.1) is 18.9 Å². The van der Waals surface area contributed by atoms with Crippen LogP contribution in [0.5, 0.6) is 0 Å². The fraction of sp³-hybridized carbons (Fsp3) is 1.00. The van der Waals surface area contributed by atoms with Crippen molar-refractivity contribution in [3.63, 3.8) is 0 Å². The number of hydrogen-bond donors (Lipinski definition) is 1. The summed E-state index contributed by atoms with van der Waals surface area (Å²) < 4.78 is 10.7. The Labute approximate surface area is 73.4 Å². The van der Waals surface area contributed by atoms with Gasteiger partial charge in [0.15, 0.2) is 0 Å². The molecule has 3 nitrogen and oxygen atoms in total. The van der Waals surface area contributed by atoms with Crippen molar-refractivity contribution >= 4 is 0 Å². The second-order valence-corrected chi connectivity index (χ2v) is 3.56. The number of fused-ring (bicyclic) bond motifs is 1. The van der Waals surface area contributed by atoms with Crippen molar-refractivity contribution in [1.29, 1.82) is 0 Å². The molecule has 0 aromatic heterocycles. The Balaban J connectivity index is 1.61. The van der Waals surface area contributed by atoms with Crippen molar-refractivity contribution in [1.82, 2.24) is 5.32 Å². The maximum Gasteiger partial charge on any atom is 0.0967 e. The van der Waals surface area contributed by atoms with E-state index in [0.717, 1.165) is 6.61 Å². The molecule has 0 bridgehead atoms. The highest BCUT2D eigenvalue weighted by atomic mass is 16.6. The molecule has 1 aliphatic heterocycles. The van der Waals surface area contributed by atoms with Crippen molar-refractivity contribution in [3.05, 3.63) is 0 Å². The molecule has 70 valence electrons. The molecule has 0 amide bonds. The molecule has 1 aliphatic carbocycles. The van der Waals surface area contributed by atoms with E-state index in [4.69, 9.17) is 9.47 Å². The summed E-state index contributed by atoms with van der Waals surface area (Å²) in [4.78, 5) is 0. The van der Waals surface area contributed by atoms with Crippen LogP contribution in [-0.4, -0.2) is 31.6 Å². The lowest BCUT2D eigenvalue weighted by Gasteiger charge is -2.19. The molecule has 1 saturated heterocycles. The van der Waals surface area contributed by atoms with Gasteiger partial charge in [-0.25, -0.2) is 0 Å². The first kappa shape index (κ1) is 8.48. The summed E-state index contributed by atoms with van der Waals surface area (Å²) in [6.45, 7) is 3.50. The van der Waals surface area contributed by atoms with E-state index in [9.17, 15) is 0 Å². The van der Waals surface area contributed by atoms with Crippen molar-refractivity contribution in [3.8, 4) is 0 Å². The molecule has 2 fully saturated rings. The standard InChI is InChI=1S/C9H17NO2/c1-2-11-6-10-7-3-4-8-9(5-7)12-8/h7-10H,2-6H2,1H3/t7-,8+,9-/m1/s1. The monoisotopic (exact) mass is 171 g/mol. The number of ether oxygens (including phenoxy) is 2. The zero-order valence-electron chi connectivity index (χ0n) is 7.58. The van der Waals surface area contributed by atoms with Gasteiger partial charge in [0.25, 0.3) is 0 Å². The SMILES string of the molecule is CCOCN[C@@H]1CC[C@@H]2O[C@@H]2C1. The largest absolute Gasteiger partial charge is 0.370 e. The fourth-order valence-electron chi connectivity index (χ4n) is 1.87. The molecule has 3 heteroatoms. The van der Waals surface area contributed by atoms with E-state index in [-0.39, 0.29) is 0 Å². The van der Waals surface area contributed by atoms with Crippen LogP contribution in [0.1, 0.15) is 26.2 Å². The molecule has 0 aromatic rings. The second-order valence-electron chi connectivity index (χ2n) is 3.56. The van der Waals surface area contributed by atoms with Crippen LogP contribution < -0.4 is 5.32 Å². The van der Waals surface area contributed by atoms with Gasteiger partial charge in [0.2, 0.25) is 0 Å². The van der Waals surface area contributed by atoms with Crippen LogP contribution in [0, 0.1) is 0 Å². The van der Waals surface area contributed by atoms with Crippen LogP contribution in [0.2, 0.25) is 0 Å². The molecule has 0 radical (unpaired) electrons. The lowest BCUT2D eigenvalue weighted by molar-refractivity contribution is 0.115. The third-order valence-electron chi connectivity index (χ3n) is 2.68. The Kier molecular flexibility index (Phi) is 2.63. The summed E-state index contributed by atoms with van der Waals surface area (Å²) in [7, 11) is 0. The topological polar surface area (TPSA) is 33.8 Å². The smallest absolute Gasteiger partial charge is 0.0967 e. The second kappa shape index (κ2) is 3.73. The first-order valence-electron chi connectivity index (χ1n) is 4.86. The minimum atomic E-state index is 0.567. The molecule has 12 heavy (non-hydrogen) atoms. The third-order valence-corrected chi connectivity index (χ3v) is 2.68. The highest BCUT2D eigenvalue weighted by Gasteiger charge is 2.43.